The summed E-state index contributed by atoms with van der Waals surface area (Å²) in [5, 5.41) is 3.79. The van der Waals surface area contributed by atoms with E-state index in [9.17, 15) is 8.42 Å². The first kappa shape index (κ1) is 15.2. The summed E-state index contributed by atoms with van der Waals surface area (Å²) >= 11 is 1.32. The van der Waals surface area contributed by atoms with Gasteiger partial charge < -0.3 is 4.52 Å². The number of hydrogen-bond donors (Lipinski definition) is 1. The average Bonchev–Trinajstić information content (AvgIpc) is 3.03. The predicted molar refractivity (Wildman–Crippen MR) is 78.4 cm³/mol. The maximum atomic E-state index is 12.0. The van der Waals surface area contributed by atoms with Gasteiger partial charge in [-0.2, -0.15) is 0 Å². The van der Waals surface area contributed by atoms with Crippen LogP contribution in [0.5, 0.6) is 0 Å². The third kappa shape index (κ3) is 3.91. The summed E-state index contributed by atoms with van der Waals surface area (Å²) in [6.07, 6.45) is 2.21. The Labute approximate surface area is 123 Å². The molecule has 0 aliphatic heterocycles. The van der Waals surface area contributed by atoms with Crippen LogP contribution in [0, 0.1) is 6.92 Å². The second kappa shape index (κ2) is 6.51. The Hall–Kier alpha value is -1.18. The van der Waals surface area contributed by atoms with Crippen molar-refractivity contribution in [2.45, 2.75) is 37.3 Å². The molecule has 110 valence electrons. The van der Waals surface area contributed by atoms with Gasteiger partial charge in [-0.3, -0.25) is 0 Å². The lowest BCUT2D eigenvalue weighted by Gasteiger charge is -2.03. The van der Waals surface area contributed by atoms with Crippen molar-refractivity contribution >= 4 is 21.4 Å². The van der Waals surface area contributed by atoms with Crippen molar-refractivity contribution in [3.05, 3.63) is 34.5 Å². The molecular weight excluding hydrogens is 296 g/mol. The Bertz CT molecular complexity index is 659. The molecular formula is C13H18N2O3S2. The van der Waals surface area contributed by atoms with Gasteiger partial charge in [-0.1, -0.05) is 12.1 Å². The molecule has 0 aliphatic carbocycles. The highest BCUT2D eigenvalue weighted by Gasteiger charge is 2.15. The first-order valence-corrected chi connectivity index (χ1v) is 8.82. The topological polar surface area (TPSA) is 72.2 Å². The van der Waals surface area contributed by atoms with Crippen molar-refractivity contribution in [2.24, 2.45) is 0 Å². The molecule has 0 bridgehead atoms. The Kier molecular flexibility index (Phi) is 4.95. The predicted octanol–water partition coefficient (Wildman–Crippen LogP) is 2.52. The van der Waals surface area contributed by atoms with Gasteiger partial charge in [0, 0.05) is 23.9 Å². The standard InChI is InChI=1S/C13H18N2O3S2/c1-3-12-6-7-13(19-12)20(16,17)14-8-4-5-11-9-10(2)15-18-11/h6-7,9,14H,3-5,8H2,1-2H3. The van der Waals surface area contributed by atoms with Crippen molar-refractivity contribution in [1.29, 1.82) is 0 Å². The maximum Gasteiger partial charge on any atom is 0.250 e. The number of nitrogens with one attached hydrogen (secondary N) is 1. The molecule has 1 N–H and O–H groups in total. The fraction of sp³-hybridized carbons (Fsp3) is 0.462. The number of nitrogens with zero attached hydrogens (tertiary/aromatic N) is 1. The van der Waals surface area contributed by atoms with Crippen molar-refractivity contribution in [1.82, 2.24) is 9.88 Å². The molecule has 0 unspecified atom stereocenters. The van der Waals surface area contributed by atoms with Crippen molar-refractivity contribution < 1.29 is 12.9 Å². The van der Waals surface area contributed by atoms with Gasteiger partial charge in [-0.25, -0.2) is 13.1 Å². The van der Waals surface area contributed by atoms with Gasteiger partial charge in [0.2, 0.25) is 10.0 Å². The maximum absolute atomic E-state index is 12.0. The summed E-state index contributed by atoms with van der Waals surface area (Å²) in [5.74, 6) is 0.783. The summed E-state index contributed by atoms with van der Waals surface area (Å²) in [4.78, 5) is 1.07. The highest BCUT2D eigenvalue weighted by Crippen LogP contribution is 2.21. The van der Waals surface area contributed by atoms with E-state index in [1.807, 2.05) is 26.0 Å². The van der Waals surface area contributed by atoms with Gasteiger partial charge >= 0.3 is 0 Å². The van der Waals surface area contributed by atoms with E-state index in [2.05, 4.69) is 9.88 Å². The van der Waals surface area contributed by atoms with Gasteiger partial charge in [0.05, 0.1) is 5.69 Å². The number of aromatic nitrogens is 1. The normalized spacial score (nSPS) is 11.9. The highest BCUT2D eigenvalue weighted by molar-refractivity contribution is 7.91. The molecule has 2 heterocycles. The third-order valence-electron chi connectivity index (χ3n) is 2.82. The first-order chi connectivity index (χ1) is 9.51. The summed E-state index contributed by atoms with van der Waals surface area (Å²) in [6, 6.07) is 5.38. The molecule has 0 fully saturated rings. The molecule has 2 rings (SSSR count). The summed E-state index contributed by atoms with van der Waals surface area (Å²) < 4.78 is 32.1. The quantitative estimate of drug-likeness (QED) is 0.797. The van der Waals surface area contributed by atoms with E-state index in [1.54, 1.807) is 6.07 Å². The molecule has 5 nitrogen and oxygen atoms in total. The zero-order valence-corrected chi connectivity index (χ0v) is 13.2. The van der Waals surface area contributed by atoms with Crippen molar-refractivity contribution in [2.75, 3.05) is 6.54 Å². The molecule has 0 aliphatic rings. The van der Waals surface area contributed by atoms with Crippen molar-refractivity contribution in [3.63, 3.8) is 0 Å². The Balaban J connectivity index is 1.83. The van der Waals surface area contributed by atoms with Crippen molar-refractivity contribution in [3.8, 4) is 0 Å². The van der Waals surface area contributed by atoms with Gasteiger partial charge in [0.25, 0.3) is 0 Å². The van der Waals surface area contributed by atoms with Gasteiger partial charge in [0.15, 0.2) is 0 Å². The smallest absolute Gasteiger partial charge is 0.250 e. The molecule has 0 radical (unpaired) electrons. The van der Waals surface area contributed by atoms with E-state index < -0.39 is 10.0 Å². The molecule has 7 heteroatoms. The molecule has 20 heavy (non-hydrogen) atoms. The van der Waals surface area contributed by atoms with E-state index >= 15 is 0 Å². The minimum absolute atomic E-state index is 0.379. The fourth-order valence-electron chi connectivity index (χ4n) is 1.77. The Morgan fingerprint density at radius 1 is 1.40 bits per heavy atom. The van der Waals surface area contributed by atoms with E-state index in [4.69, 9.17) is 4.52 Å². The Morgan fingerprint density at radius 3 is 2.80 bits per heavy atom. The molecule has 0 saturated carbocycles. The minimum Gasteiger partial charge on any atom is -0.361 e. The SMILES string of the molecule is CCc1ccc(S(=O)(=O)NCCCc2cc(C)no2)s1. The fourth-order valence-corrected chi connectivity index (χ4v) is 4.18. The molecule has 2 aromatic rings. The van der Waals surface area contributed by atoms with Crippen LogP contribution in [0.3, 0.4) is 0 Å². The van der Waals surface area contributed by atoms with Crippen LogP contribution in [0.1, 0.15) is 29.7 Å². The number of sulfonamides is 1. The number of rotatable bonds is 7. The first-order valence-electron chi connectivity index (χ1n) is 6.52. The van der Waals surface area contributed by atoms with Crippen LogP contribution in [0.4, 0.5) is 0 Å². The lowest BCUT2D eigenvalue weighted by atomic mass is 10.2. The highest BCUT2D eigenvalue weighted by atomic mass is 32.2. The van der Waals surface area contributed by atoms with Crippen LogP contribution in [0.25, 0.3) is 0 Å². The largest absolute Gasteiger partial charge is 0.361 e. The van der Waals surface area contributed by atoms with Crippen LogP contribution >= 0.6 is 11.3 Å². The second-order valence-corrected chi connectivity index (χ2v) is 7.67. The van der Waals surface area contributed by atoms with Gasteiger partial charge in [0.1, 0.15) is 9.97 Å². The minimum atomic E-state index is -3.38. The average molecular weight is 314 g/mol. The van der Waals surface area contributed by atoms with Crippen LogP contribution in [-0.2, 0) is 22.9 Å². The molecule has 0 atom stereocenters. The van der Waals surface area contributed by atoms with Crippen LogP contribution in [0.2, 0.25) is 0 Å². The van der Waals surface area contributed by atoms with E-state index in [0.29, 0.717) is 23.6 Å². The van der Waals surface area contributed by atoms with Crippen LogP contribution < -0.4 is 4.72 Å². The second-order valence-electron chi connectivity index (χ2n) is 4.51. The van der Waals surface area contributed by atoms with Gasteiger partial charge in [-0.05, 0) is 31.9 Å². The monoisotopic (exact) mass is 314 g/mol. The van der Waals surface area contributed by atoms with E-state index in [1.165, 1.54) is 11.3 Å². The third-order valence-corrected chi connectivity index (χ3v) is 6.00. The summed E-state index contributed by atoms with van der Waals surface area (Å²) in [5.41, 5.74) is 0.839. The van der Waals surface area contributed by atoms with E-state index in [0.717, 1.165) is 22.8 Å². The lowest BCUT2D eigenvalue weighted by molar-refractivity contribution is 0.377. The molecule has 0 saturated heterocycles. The number of aryl methyl sites for hydroxylation is 3. The van der Waals surface area contributed by atoms with E-state index in [-0.39, 0.29) is 0 Å². The zero-order chi connectivity index (χ0) is 14.6. The van der Waals surface area contributed by atoms with Gasteiger partial charge in [-0.15, -0.1) is 11.3 Å². The number of thiophene rings is 1. The van der Waals surface area contributed by atoms with Crippen LogP contribution in [0.15, 0.2) is 26.9 Å². The summed E-state index contributed by atoms with van der Waals surface area (Å²) in [6.45, 7) is 4.26. The summed E-state index contributed by atoms with van der Waals surface area (Å²) in [7, 11) is -3.38. The molecule has 0 spiro atoms. The number of hydrogen-bond acceptors (Lipinski definition) is 5. The lowest BCUT2D eigenvalue weighted by Crippen LogP contribution is -2.24. The molecule has 0 amide bonds. The molecule has 2 aromatic heterocycles. The zero-order valence-electron chi connectivity index (χ0n) is 11.5. The molecule has 0 aromatic carbocycles. The Morgan fingerprint density at radius 2 is 2.20 bits per heavy atom. The van der Waals surface area contributed by atoms with Crippen LogP contribution in [-0.4, -0.2) is 20.1 Å².